The first-order chi connectivity index (χ1) is 43.7. The molecule has 4 fully saturated rings. The number of aliphatic hydroxyl groups excluding tert-OH is 9. The molecule has 0 aromatic heterocycles. The summed E-state index contributed by atoms with van der Waals surface area (Å²) in [7, 11) is 0. The molecule has 0 spiro atoms. The summed E-state index contributed by atoms with van der Waals surface area (Å²) < 4.78 is 55.7. The van der Waals surface area contributed by atoms with E-state index in [4.69, 9.17) is 59.0 Å². The summed E-state index contributed by atoms with van der Waals surface area (Å²) in [5.74, 6) is -5.50. The first kappa shape index (κ1) is 80.0. The molecule has 0 radical (unpaired) electrons. The van der Waals surface area contributed by atoms with Gasteiger partial charge in [0.1, 0.15) is 85.1 Å². The molecule has 1 saturated carbocycles. The van der Waals surface area contributed by atoms with Crippen LogP contribution in [0.4, 0.5) is 0 Å². The third-order valence-electron chi connectivity index (χ3n) is 14.9. The fourth-order valence-electron chi connectivity index (χ4n) is 10.3. The first-order valence-electron chi connectivity index (χ1n) is 30.3. The summed E-state index contributed by atoms with van der Waals surface area (Å²) >= 11 is 4.92. The summed E-state index contributed by atoms with van der Waals surface area (Å²) in [5, 5.41) is 112. The number of carbonyl (C=O) groups is 8. The minimum atomic E-state index is -3.24. The second-order valence-corrected chi connectivity index (χ2v) is 26.0. The van der Waals surface area contributed by atoms with E-state index in [1.807, 2.05) is 0 Å². The highest BCUT2D eigenvalue weighted by atomic mass is 32.5. The lowest BCUT2D eigenvalue weighted by Crippen LogP contribution is -2.64. The van der Waals surface area contributed by atoms with Crippen LogP contribution in [0, 0.1) is 5.92 Å². The third kappa shape index (κ3) is 27.8. The number of hydrogen-bond acceptors (Lipinski definition) is 29. The van der Waals surface area contributed by atoms with Crippen LogP contribution in [0.25, 0.3) is 0 Å². The third-order valence-corrected chi connectivity index (χ3v) is 15.9. The van der Waals surface area contributed by atoms with Crippen LogP contribution in [0.5, 0.6) is 0 Å². The predicted octanol–water partition coefficient (Wildman–Crippen LogP) is -9.33. The lowest BCUT2D eigenvalue weighted by Gasteiger charge is -2.42. The molecule has 1 aliphatic carbocycles. The van der Waals surface area contributed by atoms with Crippen LogP contribution in [-0.2, 0) is 97.3 Å². The number of amides is 8. The minimum absolute atomic E-state index is 0.0251. The predicted molar refractivity (Wildman–Crippen MR) is 315 cm³/mol. The van der Waals surface area contributed by atoms with Crippen LogP contribution in [0.2, 0.25) is 0 Å². The Hall–Kier alpha value is -4.39. The van der Waals surface area contributed by atoms with E-state index in [1.54, 1.807) is 0 Å². The molecule has 3 aliphatic heterocycles. The monoisotopic (exact) mass is 1370 g/mol. The van der Waals surface area contributed by atoms with Gasteiger partial charge in [0.2, 0.25) is 47.3 Å². The number of nitrogens with one attached hydrogen (secondary N) is 8. The molecule has 4 rings (SSSR count). The molecule has 0 aromatic carbocycles. The molecule has 36 nitrogen and oxygen atoms in total. The fourth-order valence-corrected chi connectivity index (χ4v) is 11.4. The van der Waals surface area contributed by atoms with Gasteiger partial charge >= 0.3 is 0 Å². The number of ether oxygens (including phenoxy) is 9. The van der Waals surface area contributed by atoms with Gasteiger partial charge in [-0.2, -0.15) is 0 Å². The van der Waals surface area contributed by atoms with Gasteiger partial charge in [-0.05, 0) is 51.7 Å². The second kappa shape index (κ2) is 41.5. The summed E-state index contributed by atoms with van der Waals surface area (Å²) in [6.45, 7) is -1.58. The lowest BCUT2D eigenvalue weighted by atomic mass is 9.86. The van der Waals surface area contributed by atoms with Crippen molar-refractivity contribution in [3.63, 3.8) is 0 Å². The zero-order valence-corrected chi connectivity index (χ0v) is 53.6. The maximum absolute atomic E-state index is 13.8. The lowest BCUT2D eigenvalue weighted by molar-refractivity contribution is -0.272. The van der Waals surface area contributed by atoms with Gasteiger partial charge < -0.3 is 141 Å². The van der Waals surface area contributed by atoms with E-state index in [2.05, 4.69) is 42.5 Å². The topological polar surface area (TPSA) is 530 Å². The van der Waals surface area contributed by atoms with Crippen molar-refractivity contribution in [2.45, 2.75) is 182 Å². The van der Waals surface area contributed by atoms with Crippen LogP contribution < -0.4 is 47.4 Å². The Morgan fingerprint density at radius 1 is 0.500 bits per heavy atom. The van der Waals surface area contributed by atoms with Crippen LogP contribution in [-0.4, -0.2) is 309 Å². The van der Waals surface area contributed by atoms with Crippen molar-refractivity contribution in [1.29, 1.82) is 0 Å². The van der Waals surface area contributed by atoms with Gasteiger partial charge in [0.05, 0.1) is 85.4 Å². The van der Waals surface area contributed by atoms with E-state index < -0.39 is 196 Å². The van der Waals surface area contributed by atoms with Crippen molar-refractivity contribution in [1.82, 2.24) is 42.5 Å². The van der Waals surface area contributed by atoms with Crippen LogP contribution in [0.15, 0.2) is 0 Å². The SMILES string of the molecule is CC(=O)NC1C(OCCOCCNC(=O)CCC(NC(=O)CCC(NC(=O)C2CCC(OP(C)([O-])=S)CC2)C(=O)NCCOCCOC2OC(CO)C(O)C(O)C2NC(C)=O)C(=O)NCCOCCOC2OC(CO)C(O)C(O)C2NC(C)=O)OC(CO)C(O)C1O. The van der Waals surface area contributed by atoms with Crippen LogP contribution in [0.3, 0.4) is 0 Å². The van der Waals surface area contributed by atoms with Gasteiger partial charge in [-0.15, -0.1) is 0 Å². The second-order valence-electron chi connectivity index (χ2n) is 22.3. The molecule has 4 aliphatic rings. The molecule has 0 bridgehead atoms. The van der Waals surface area contributed by atoms with Crippen molar-refractivity contribution in [3.8, 4) is 0 Å². The number of carbonyl (C=O) groups excluding carboxylic acids is 8. The van der Waals surface area contributed by atoms with E-state index in [-0.39, 0.29) is 98.4 Å². The maximum Gasteiger partial charge on any atom is 0.242 e. The van der Waals surface area contributed by atoms with Gasteiger partial charge in [-0.25, -0.2) is 0 Å². The van der Waals surface area contributed by atoms with E-state index in [0.29, 0.717) is 25.7 Å². The van der Waals surface area contributed by atoms with Gasteiger partial charge in [0, 0.05) is 59.2 Å². The molecular formula is C54H94N8O28PS-. The van der Waals surface area contributed by atoms with Gasteiger partial charge in [0.15, 0.2) is 18.9 Å². The van der Waals surface area contributed by atoms with E-state index >= 15 is 0 Å². The summed E-state index contributed by atoms with van der Waals surface area (Å²) in [6, 6.07) is -6.21. The molecule has 3 heterocycles. The Bertz CT molecular complexity index is 2350. The highest BCUT2D eigenvalue weighted by Crippen LogP contribution is 2.39. The summed E-state index contributed by atoms with van der Waals surface area (Å²) in [4.78, 5) is 116. The molecule has 18 unspecified atom stereocenters. The highest BCUT2D eigenvalue weighted by molar-refractivity contribution is 8.08. The largest absolute Gasteiger partial charge is 0.801 e. The van der Waals surface area contributed by atoms with Crippen LogP contribution in [0.1, 0.15) is 72.1 Å². The fraction of sp³-hybridized carbons (Fsp3) is 0.852. The van der Waals surface area contributed by atoms with E-state index in [0.717, 1.165) is 0 Å². The van der Waals surface area contributed by atoms with Gasteiger partial charge in [-0.3, -0.25) is 38.4 Å². The number of aliphatic hydroxyl groups is 9. The Morgan fingerprint density at radius 3 is 1.20 bits per heavy atom. The van der Waals surface area contributed by atoms with Crippen molar-refractivity contribution in [2.75, 3.05) is 106 Å². The van der Waals surface area contributed by atoms with Crippen molar-refractivity contribution < 1.29 is 136 Å². The Morgan fingerprint density at radius 2 is 0.848 bits per heavy atom. The molecule has 38 heteroatoms. The molecule has 92 heavy (non-hydrogen) atoms. The summed E-state index contributed by atoms with van der Waals surface area (Å²) in [6.07, 6.45) is -17.0. The molecule has 3 saturated heterocycles. The average molecular weight is 1370 g/mol. The molecule has 17 N–H and O–H groups in total. The molecule has 8 amide bonds. The van der Waals surface area contributed by atoms with Crippen LogP contribution >= 0.6 is 6.49 Å². The normalized spacial score (nSPS) is 30.3. The molecule has 530 valence electrons. The average Bonchev–Trinajstić information content (AvgIpc) is 0.846. The Labute approximate surface area is 536 Å². The zero-order valence-electron chi connectivity index (χ0n) is 51.9. The smallest absolute Gasteiger partial charge is 0.242 e. The number of rotatable bonds is 40. The van der Waals surface area contributed by atoms with Gasteiger partial charge in [-0.1, -0.05) is 11.8 Å². The van der Waals surface area contributed by atoms with Gasteiger partial charge in [0.25, 0.3) is 0 Å². The first-order valence-corrected chi connectivity index (χ1v) is 33.4. The van der Waals surface area contributed by atoms with E-state index in [9.17, 15) is 89.2 Å². The van der Waals surface area contributed by atoms with Crippen molar-refractivity contribution >= 4 is 65.6 Å². The summed E-state index contributed by atoms with van der Waals surface area (Å²) in [5.41, 5.74) is 0. The molecule has 0 aromatic rings. The number of hydrogen-bond donors (Lipinski definition) is 17. The van der Waals surface area contributed by atoms with Crippen molar-refractivity contribution in [2.24, 2.45) is 5.92 Å². The Balaban J connectivity index is 1.35. The standard InChI is InChI=1S/C54H95N8O28PS/c1-28(66)58-40-46(74)43(71)35(25-63)87-52(40)84-22-19-81-16-13-55-38(69)11-9-33(50(78)56-14-17-82-20-23-85-53-41(59-29(2)67)47(75)44(72)36(26-64)88-53)61-39(70)12-10-34(62-49(77)31-5-7-32(8-6-31)90-91(4,80)92)51(79)57-15-18-83-21-24-86-54-42(60-30(3)68)48(76)45(73)37(27-65)89-54/h31-37,40-48,52-54,63-65,71-76H,5-27H2,1-4H3,(H,55,69)(H,56,78)(H,57,79)(H,58,66)(H,59,67)(H,60,68)(H,61,70)(H,62,77)(H,80,92)/p-1. The minimum Gasteiger partial charge on any atom is -0.801 e. The molecular weight excluding hydrogens is 1270 g/mol. The highest BCUT2D eigenvalue weighted by Gasteiger charge is 2.48. The quantitative estimate of drug-likeness (QED) is 0.0200. The Kier molecular flexibility index (Phi) is 36.1. The van der Waals surface area contributed by atoms with Crippen molar-refractivity contribution in [3.05, 3.63) is 0 Å². The molecule has 18 atom stereocenters. The zero-order chi connectivity index (χ0) is 68.1. The maximum atomic E-state index is 13.8. The van der Waals surface area contributed by atoms with E-state index in [1.165, 1.54) is 27.4 Å².